The molecule has 2 aliphatic rings. The third-order valence-corrected chi connectivity index (χ3v) is 7.05. The molecule has 0 bridgehead atoms. The number of hydrogen-bond acceptors (Lipinski definition) is 5. The van der Waals surface area contributed by atoms with Gasteiger partial charge in [0.05, 0.1) is 30.2 Å². The molecule has 6 heteroatoms. The van der Waals surface area contributed by atoms with E-state index in [4.69, 9.17) is 0 Å². The van der Waals surface area contributed by atoms with Gasteiger partial charge < -0.3 is 15.3 Å². The predicted molar refractivity (Wildman–Crippen MR) is 131 cm³/mol. The van der Waals surface area contributed by atoms with Crippen molar-refractivity contribution < 1.29 is 24.9 Å². The van der Waals surface area contributed by atoms with E-state index in [9.17, 15) is 24.9 Å². The second-order valence-corrected chi connectivity index (χ2v) is 9.31. The van der Waals surface area contributed by atoms with Crippen molar-refractivity contribution in [2.45, 2.75) is 39.2 Å². The highest BCUT2D eigenvalue weighted by atomic mass is 16.3. The molecule has 0 unspecified atom stereocenters. The Balaban J connectivity index is 1.53. The maximum Gasteiger partial charge on any atom is 0.238 e. The van der Waals surface area contributed by atoms with Crippen molar-refractivity contribution in [3.05, 3.63) is 76.9 Å². The molecular formula is C28H31NO5. The third-order valence-electron chi connectivity index (χ3n) is 7.05. The first-order valence-corrected chi connectivity index (χ1v) is 11.7. The van der Waals surface area contributed by atoms with Crippen LogP contribution in [0.25, 0.3) is 6.08 Å². The molecule has 1 aliphatic carbocycles. The van der Waals surface area contributed by atoms with Crippen LogP contribution in [0.5, 0.6) is 5.75 Å². The SMILES string of the molecule is CC1=C([C@H](O)CC/C(C)=C/c2ccccc2O)[C@H](CO)[C@@H]2C(=O)N(c3ccccc3)C(=O)[C@@H]2C1. The van der Waals surface area contributed by atoms with E-state index in [0.717, 1.165) is 16.7 Å². The molecule has 0 saturated carbocycles. The zero-order valence-corrected chi connectivity index (χ0v) is 19.5. The zero-order chi connectivity index (χ0) is 24.4. The number of aliphatic hydroxyl groups excluding tert-OH is 2. The van der Waals surface area contributed by atoms with Crippen molar-refractivity contribution in [1.29, 1.82) is 0 Å². The lowest BCUT2D eigenvalue weighted by molar-refractivity contribution is -0.123. The van der Waals surface area contributed by atoms with Crippen molar-refractivity contribution in [2.24, 2.45) is 17.8 Å². The Morgan fingerprint density at radius 1 is 1.09 bits per heavy atom. The minimum Gasteiger partial charge on any atom is -0.507 e. The van der Waals surface area contributed by atoms with Crippen LogP contribution in [0, 0.1) is 17.8 Å². The van der Waals surface area contributed by atoms with E-state index in [-0.39, 0.29) is 24.2 Å². The van der Waals surface area contributed by atoms with Gasteiger partial charge in [-0.1, -0.05) is 53.6 Å². The number of phenolic OH excluding ortho intramolecular Hbond substituents is 1. The minimum atomic E-state index is -0.834. The van der Waals surface area contributed by atoms with Crippen LogP contribution in [0.2, 0.25) is 0 Å². The monoisotopic (exact) mass is 461 g/mol. The second kappa shape index (κ2) is 9.95. The van der Waals surface area contributed by atoms with Gasteiger partial charge in [0.25, 0.3) is 0 Å². The number of benzene rings is 2. The predicted octanol–water partition coefficient (Wildman–Crippen LogP) is 4.07. The summed E-state index contributed by atoms with van der Waals surface area (Å²) in [5.74, 6) is -2.15. The van der Waals surface area contributed by atoms with Crippen LogP contribution in [-0.4, -0.2) is 39.8 Å². The quantitative estimate of drug-likeness (QED) is 0.427. The first-order valence-electron chi connectivity index (χ1n) is 11.7. The number of carbonyl (C=O) groups excluding carboxylic acids is 2. The summed E-state index contributed by atoms with van der Waals surface area (Å²) < 4.78 is 0. The van der Waals surface area contributed by atoms with Gasteiger partial charge in [-0.25, -0.2) is 0 Å². The van der Waals surface area contributed by atoms with Gasteiger partial charge in [-0.05, 0) is 56.9 Å². The van der Waals surface area contributed by atoms with E-state index >= 15 is 0 Å². The van der Waals surface area contributed by atoms with Gasteiger partial charge in [-0.2, -0.15) is 0 Å². The lowest BCUT2D eigenvalue weighted by atomic mass is 9.68. The van der Waals surface area contributed by atoms with Crippen LogP contribution in [0.15, 0.2) is 71.3 Å². The van der Waals surface area contributed by atoms with Crippen LogP contribution >= 0.6 is 0 Å². The molecule has 4 rings (SSSR count). The molecule has 1 saturated heterocycles. The normalized spacial score (nSPS) is 23.9. The number of hydrogen-bond donors (Lipinski definition) is 3. The summed E-state index contributed by atoms with van der Waals surface area (Å²) in [7, 11) is 0. The van der Waals surface area contributed by atoms with Gasteiger partial charge in [0.1, 0.15) is 5.75 Å². The Morgan fingerprint density at radius 3 is 2.44 bits per heavy atom. The van der Waals surface area contributed by atoms with Gasteiger partial charge in [-0.15, -0.1) is 0 Å². The second-order valence-electron chi connectivity index (χ2n) is 9.31. The summed E-state index contributed by atoms with van der Waals surface area (Å²) in [6.45, 7) is 3.52. The first-order chi connectivity index (χ1) is 16.3. The summed E-state index contributed by atoms with van der Waals surface area (Å²) in [5, 5.41) is 31.4. The van der Waals surface area contributed by atoms with Crippen LogP contribution < -0.4 is 4.90 Å². The molecule has 0 spiro atoms. The average molecular weight is 462 g/mol. The van der Waals surface area contributed by atoms with Gasteiger partial charge >= 0.3 is 0 Å². The number of fused-ring (bicyclic) bond motifs is 1. The Bertz CT molecular complexity index is 1140. The molecule has 4 atom stereocenters. The number of imide groups is 1. The number of phenols is 1. The van der Waals surface area contributed by atoms with Crippen LogP contribution in [0.4, 0.5) is 5.69 Å². The standard InChI is InChI=1S/C28H31NO5/c1-17(14-19-8-6-7-11-23(19)31)12-13-24(32)25-18(2)15-21-26(22(25)16-30)28(34)29(27(21)33)20-9-4-3-5-10-20/h3-11,14,21-22,24,26,30-32H,12-13,15-16H2,1-2H3/b17-14+/t21-,22+,24-,26-/m1/s1. The lowest BCUT2D eigenvalue weighted by Crippen LogP contribution is -2.38. The number of nitrogens with zero attached hydrogens (tertiary/aromatic N) is 1. The fraction of sp³-hybridized carbons (Fsp3) is 0.357. The maximum atomic E-state index is 13.4. The summed E-state index contributed by atoms with van der Waals surface area (Å²) in [6, 6.07) is 15.9. The van der Waals surface area contributed by atoms with Crippen molar-refractivity contribution in [3.63, 3.8) is 0 Å². The molecule has 1 aliphatic heterocycles. The molecule has 178 valence electrons. The Hall–Kier alpha value is -3.22. The summed E-state index contributed by atoms with van der Waals surface area (Å²) in [5.41, 5.74) is 3.79. The summed E-state index contributed by atoms with van der Waals surface area (Å²) in [4.78, 5) is 27.7. The highest BCUT2D eigenvalue weighted by molar-refractivity contribution is 6.22. The van der Waals surface area contributed by atoms with E-state index in [1.165, 1.54) is 4.90 Å². The Kier molecular flexibility index (Phi) is 7.00. The van der Waals surface area contributed by atoms with Gasteiger partial charge in [0.15, 0.2) is 0 Å². The number of carbonyl (C=O) groups is 2. The molecule has 1 fully saturated rings. The molecule has 0 radical (unpaired) electrons. The smallest absolute Gasteiger partial charge is 0.238 e. The van der Waals surface area contributed by atoms with E-state index in [1.54, 1.807) is 36.4 Å². The highest BCUT2D eigenvalue weighted by Gasteiger charge is 2.54. The molecule has 6 nitrogen and oxygen atoms in total. The van der Waals surface area contributed by atoms with Crippen LogP contribution in [-0.2, 0) is 9.59 Å². The van der Waals surface area contributed by atoms with E-state index in [0.29, 0.717) is 30.5 Å². The molecule has 34 heavy (non-hydrogen) atoms. The summed E-state index contributed by atoms with van der Waals surface area (Å²) in [6.07, 6.45) is 2.46. The van der Waals surface area contributed by atoms with Gasteiger partial charge in [-0.3, -0.25) is 14.5 Å². The number of anilines is 1. The van der Waals surface area contributed by atoms with Crippen LogP contribution in [0.3, 0.4) is 0 Å². The van der Waals surface area contributed by atoms with Crippen molar-refractivity contribution >= 4 is 23.6 Å². The van der Waals surface area contributed by atoms with Gasteiger partial charge in [0.2, 0.25) is 11.8 Å². The number of para-hydroxylation sites is 2. The van der Waals surface area contributed by atoms with Crippen molar-refractivity contribution in [2.75, 3.05) is 11.5 Å². The number of aliphatic hydroxyl groups is 2. The van der Waals surface area contributed by atoms with Crippen molar-refractivity contribution in [3.8, 4) is 5.75 Å². The van der Waals surface area contributed by atoms with E-state index < -0.39 is 23.9 Å². The maximum absolute atomic E-state index is 13.4. The van der Waals surface area contributed by atoms with Gasteiger partial charge in [0, 0.05) is 11.5 Å². The topological polar surface area (TPSA) is 98.1 Å². The zero-order valence-electron chi connectivity index (χ0n) is 19.5. The molecule has 2 amide bonds. The fourth-order valence-corrected chi connectivity index (χ4v) is 5.42. The minimum absolute atomic E-state index is 0.201. The molecular weight excluding hydrogens is 430 g/mol. The average Bonchev–Trinajstić information content (AvgIpc) is 3.08. The largest absolute Gasteiger partial charge is 0.507 e. The molecule has 2 aromatic rings. The first kappa shape index (κ1) is 23.9. The Morgan fingerprint density at radius 2 is 1.76 bits per heavy atom. The third kappa shape index (κ3) is 4.43. The molecule has 3 N–H and O–H groups in total. The van der Waals surface area contributed by atoms with E-state index in [1.807, 2.05) is 38.1 Å². The fourth-order valence-electron chi connectivity index (χ4n) is 5.42. The van der Waals surface area contributed by atoms with Crippen molar-refractivity contribution in [1.82, 2.24) is 0 Å². The number of aromatic hydroxyl groups is 1. The van der Waals surface area contributed by atoms with Crippen LogP contribution in [0.1, 0.15) is 38.7 Å². The van der Waals surface area contributed by atoms with E-state index in [2.05, 4.69) is 0 Å². The Labute approximate surface area is 199 Å². The number of allylic oxidation sites excluding steroid dienone is 2. The molecule has 1 heterocycles. The highest BCUT2D eigenvalue weighted by Crippen LogP contribution is 2.47. The number of amides is 2. The molecule has 0 aromatic heterocycles. The number of rotatable bonds is 7. The molecule has 2 aromatic carbocycles. The summed E-state index contributed by atoms with van der Waals surface area (Å²) >= 11 is 0. The lowest BCUT2D eigenvalue weighted by Gasteiger charge is -2.35.